The Kier molecular flexibility index (Phi) is 6.56. The van der Waals surface area contributed by atoms with Crippen LogP contribution in [0.25, 0.3) is 0 Å². The smallest absolute Gasteiger partial charge is 0.247 e. The standard InChI is InChI=1S/C19H23FN2O4S/c1-5-22(12-19(23)21-16-8-6-13(2)10-14(16)3)27(24,25)18-11-15(20)7-9-17(18)26-4/h6-11H,5,12H2,1-4H3,(H,21,23). The van der Waals surface area contributed by atoms with Gasteiger partial charge >= 0.3 is 0 Å². The van der Waals surface area contributed by atoms with Gasteiger partial charge < -0.3 is 10.1 Å². The maximum atomic E-state index is 13.6. The van der Waals surface area contributed by atoms with E-state index >= 15 is 0 Å². The number of carbonyl (C=O) groups is 1. The molecule has 0 fully saturated rings. The first-order chi connectivity index (χ1) is 12.7. The lowest BCUT2D eigenvalue weighted by Gasteiger charge is -2.21. The van der Waals surface area contributed by atoms with E-state index in [2.05, 4.69) is 5.32 Å². The van der Waals surface area contributed by atoms with Gasteiger partial charge in [0.15, 0.2) is 0 Å². The van der Waals surface area contributed by atoms with E-state index in [9.17, 15) is 17.6 Å². The van der Waals surface area contributed by atoms with Gasteiger partial charge in [-0.3, -0.25) is 4.79 Å². The molecule has 0 saturated carbocycles. The molecule has 0 aliphatic carbocycles. The van der Waals surface area contributed by atoms with Gasteiger partial charge in [0.05, 0.1) is 13.7 Å². The number of hydrogen-bond acceptors (Lipinski definition) is 4. The predicted octanol–water partition coefficient (Wildman–Crippen LogP) is 3.10. The molecule has 0 aliphatic heterocycles. The number of likely N-dealkylation sites (N-methyl/N-ethyl adjacent to an activating group) is 1. The fourth-order valence-electron chi connectivity index (χ4n) is 2.66. The van der Waals surface area contributed by atoms with Crippen LogP contribution in [0.4, 0.5) is 10.1 Å². The van der Waals surface area contributed by atoms with Crippen molar-refractivity contribution in [3.05, 3.63) is 53.3 Å². The zero-order chi connectivity index (χ0) is 20.2. The Morgan fingerprint density at radius 2 is 1.89 bits per heavy atom. The Hall–Kier alpha value is -2.45. The molecule has 0 heterocycles. The molecule has 6 nitrogen and oxygen atoms in total. The van der Waals surface area contributed by atoms with Crippen molar-refractivity contribution >= 4 is 21.6 Å². The monoisotopic (exact) mass is 394 g/mol. The lowest BCUT2D eigenvalue weighted by molar-refractivity contribution is -0.116. The first-order valence-corrected chi connectivity index (χ1v) is 9.83. The molecule has 0 aliphatic rings. The zero-order valence-electron chi connectivity index (χ0n) is 15.7. The third kappa shape index (κ3) is 4.84. The Labute approximate surface area is 159 Å². The van der Waals surface area contributed by atoms with Gasteiger partial charge in [0.1, 0.15) is 16.5 Å². The summed E-state index contributed by atoms with van der Waals surface area (Å²) in [5.74, 6) is -1.17. The average molecular weight is 394 g/mol. The molecule has 0 radical (unpaired) electrons. The molecule has 8 heteroatoms. The second-order valence-electron chi connectivity index (χ2n) is 6.09. The maximum absolute atomic E-state index is 13.6. The van der Waals surface area contributed by atoms with E-state index in [1.807, 2.05) is 26.0 Å². The molecular weight excluding hydrogens is 371 g/mol. The number of hydrogen-bond donors (Lipinski definition) is 1. The highest BCUT2D eigenvalue weighted by Crippen LogP contribution is 2.27. The number of benzene rings is 2. The number of nitrogens with zero attached hydrogens (tertiary/aromatic N) is 1. The Morgan fingerprint density at radius 3 is 2.48 bits per heavy atom. The second kappa shape index (κ2) is 8.49. The first kappa shape index (κ1) is 20.9. The van der Waals surface area contributed by atoms with Crippen molar-refractivity contribution < 1.29 is 22.3 Å². The lowest BCUT2D eigenvalue weighted by atomic mass is 10.1. The van der Waals surface area contributed by atoms with Crippen LogP contribution in [-0.4, -0.2) is 38.8 Å². The van der Waals surface area contributed by atoms with Crippen molar-refractivity contribution in [1.29, 1.82) is 0 Å². The van der Waals surface area contributed by atoms with E-state index in [4.69, 9.17) is 4.74 Å². The van der Waals surface area contributed by atoms with Gasteiger partial charge in [-0.25, -0.2) is 12.8 Å². The predicted molar refractivity (Wildman–Crippen MR) is 102 cm³/mol. The van der Waals surface area contributed by atoms with Crippen LogP contribution in [0.5, 0.6) is 5.75 Å². The molecule has 0 aromatic heterocycles. The summed E-state index contributed by atoms with van der Waals surface area (Å²) in [7, 11) is -2.81. The van der Waals surface area contributed by atoms with Gasteiger partial charge in [0.25, 0.3) is 0 Å². The molecule has 0 bridgehead atoms. The summed E-state index contributed by atoms with van der Waals surface area (Å²) < 4.78 is 45.4. The molecular formula is C19H23FN2O4S. The van der Waals surface area contributed by atoms with Gasteiger partial charge in [-0.1, -0.05) is 24.6 Å². The van der Waals surface area contributed by atoms with Crippen LogP contribution in [0.15, 0.2) is 41.3 Å². The molecule has 2 aromatic carbocycles. The summed E-state index contributed by atoms with van der Waals surface area (Å²) in [6.07, 6.45) is 0. The van der Waals surface area contributed by atoms with Crippen LogP contribution in [-0.2, 0) is 14.8 Å². The van der Waals surface area contributed by atoms with Gasteiger partial charge in [0.2, 0.25) is 15.9 Å². The number of amides is 1. The molecule has 2 rings (SSSR count). The van der Waals surface area contributed by atoms with E-state index in [1.165, 1.54) is 13.2 Å². The van der Waals surface area contributed by atoms with Crippen LogP contribution < -0.4 is 10.1 Å². The van der Waals surface area contributed by atoms with Crippen molar-refractivity contribution in [3.63, 3.8) is 0 Å². The number of aryl methyl sites for hydroxylation is 2. The van der Waals surface area contributed by atoms with Crippen LogP contribution in [0.1, 0.15) is 18.1 Å². The quantitative estimate of drug-likeness (QED) is 0.783. The summed E-state index contributed by atoms with van der Waals surface area (Å²) in [6, 6.07) is 8.78. The number of rotatable bonds is 7. The average Bonchev–Trinajstić information content (AvgIpc) is 2.61. The van der Waals surface area contributed by atoms with Gasteiger partial charge in [-0.2, -0.15) is 4.31 Å². The summed E-state index contributed by atoms with van der Waals surface area (Å²) >= 11 is 0. The number of carbonyl (C=O) groups excluding carboxylic acids is 1. The van der Waals surface area contributed by atoms with Crippen LogP contribution in [0.3, 0.4) is 0 Å². The zero-order valence-corrected chi connectivity index (χ0v) is 16.6. The summed E-state index contributed by atoms with van der Waals surface area (Å²) in [5, 5.41) is 2.72. The summed E-state index contributed by atoms with van der Waals surface area (Å²) in [4.78, 5) is 12.1. The van der Waals surface area contributed by atoms with E-state index < -0.39 is 28.3 Å². The summed E-state index contributed by atoms with van der Waals surface area (Å²) in [6.45, 7) is 5.05. The van der Waals surface area contributed by atoms with Crippen LogP contribution >= 0.6 is 0 Å². The molecule has 27 heavy (non-hydrogen) atoms. The van der Waals surface area contributed by atoms with Crippen molar-refractivity contribution in [2.45, 2.75) is 25.7 Å². The van der Waals surface area contributed by atoms with Gasteiger partial charge in [-0.05, 0) is 43.7 Å². The molecule has 146 valence electrons. The molecule has 0 unspecified atom stereocenters. The van der Waals surface area contributed by atoms with E-state index in [1.54, 1.807) is 13.0 Å². The second-order valence-corrected chi connectivity index (χ2v) is 8.00. The van der Waals surface area contributed by atoms with Crippen LogP contribution in [0.2, 0.25) is 0 Å². The Morgan fingerprint density at radius 1 is 1.19 bits per heavy atom. The minimum Gasteiger partial charge on any atom is -0.495 e. The third-order valence-electron chi connectivity index (χ3n) is 4.07. The SMILES string of the molecule is CCN(CC(=O)Nc1ccc(C)cc1C)S(=O)(=O)c1cc(F)ccc1OC. The number of sulfonamides is 1. The van der Waals surface area contributed by atoms with Crippen molar-refractivity contribution in [2.75, 3.05) is 25.5 Å². The van der Waals surface area contributed by atoms with Gasteiger partial charge in [-0.15, -0.1) is 0 Å². The van der Waals surface area contributed by atoms with Crippen LogP contribution in [0, 0.1) is 19.7 Å². The molecule has 0 atom stereocenters. The number of methoxy groups -OCH3 is 1. The molecule has 1 N–H and O–H groups in total. The normalized spacial score (nSPS) is 11.5. The minimum atomic E-state index is -4.11. The number of nitrogens with one attached hydrogen (secondary N) is 1. The minimum absolute atomic E-state index is 0.0182. The maximum Gasteiger partial charge on any atom is 0.247 e. The van der Waals surface area contributed by atoms with Gasteiger partial charge in [0, 0.05) is 12.2 Å². The van der Waals surface area contributed by atoms with E-state index in [-0.39, 0.29) is 17.2 Å². The highest BCUT2D eigenvalue weighted by atomic mass is 32.2. The highest BCUT2D eigenvalue weighted by molar-refractivity contribution is 7.89. The number of ether oxygens (including phenoxy) is 1. The van der Waals surface area contributed by atoms with Crippen molar-refractivity contribution in [3.8, 4) is 5.75 Å². The van der Waals surface area contributed by atoms with Crippen molar-refractivity contribution in [1.82, 2.24) is 4.31 Å². The molecule has 0 saturated heterocycles. The van der Waals surface area contributed by atoms with E-state index in [0.29, 0.717) is 5.69 Å². The number of anilines is 1. The first-order valence-electron chi connectivity index (χ1n) is 8.39. The third-order valence-corrected chi connectivity index (χ3v) is 6.01. The summed E-state index contributed by atoms with van der Waals surface area (Å²) in [5.41, 5.74) is 2.55. The number of halogens is 1. The highest BCUT2D eigenvalue weighted by Gasteiger charge is 2.29. The molecule has 1 amide bonds. The fourth-order valence-corrected chi connectivity index (χ4v) is 4.23. The van der Waals surface area contributed by atoms with Crippen molar-refractivity contribution in [2.24, 2.45) is 0 Å². The largest absolute Gasteiger partial charge is 0.495 e. The topological polar surface area (TPSA) is 75.7 Å². The Balaban J connectivity index is 2.25. The van der Waals surface area contributed by atoms with E-state index in [0.717, 1.165) is 27.6 Å². The fraction of sp³-hybridized carbons (Fsp3) is 0.316. The molecule has 0 spiro atoms. The Bertz CT molecular complexity index is 945. The lowest BCUT2D eigenvalue weighted by Crippen LogP contribution is -2.38. The molecule has 2 aromatic rings.